The van der Waals surface area contributed by atoms with E-state index in [1.165, 1.54) is 0 Å². The Morgan fingerprint density at radius 2 is 1.76 bits per heavy atom. The first-order chi connectivity index (χ1) is 20.1. The normalized spacial score (nSPS) is 17.7. The Morgan fingerprint density at radius 1 is 0.976 bits per heavy atom. The summed E-state index contributed by atoms with van der Waals surface area (Å²) in [5.74, 6) is 1.63. The van der Waals surface area contributed by atoms with Gasteiger partial charge in [-0.3, -0.25) is 9.59 Å². The summed E-state index contributed by atoms with van der Waals surface area (Å²) in [6, 6.07) is 12.9. The Hall–Kier alpha value is -4.41. The number of hydrogen-bond donors (Lipinski definition) is 3. The van der Waals surface area contributed by atoms with Crippen molar-refractivity contribution < 1.29 is 23.8 Å². The first kappa shape index (κ1) is 28.1. The number of ketones is 1. The molecule has 6 bridgehead atoms. The van der Waals surface area contributed by atoms with Gasteiger partial charge in [0.15, 0.2) is 5.78 Å². The first-order valence-electron chi connectivity index (χ1n) is 14.3. The van der Waals surface area contributed by atoms with Gasteiger partial charge in [0, 0.05) is 24.7 Å². The minimum atomic E-state index is -0.448. The third-order valence-electron chi connectivity index (χ3n) is 6.92. The van der Waals surface area contributed by atoms with E-state index < -0.39 is 6.04 Å². The molecule has 0 spiro atoms. The fraction of sp³-hybridized carbons (Fsp3) is 0.433. The summed E-state index contributed by atoms with van der Waals surface area (Å²) in [4.78, 5) is 38.5. The van der Waals surface area contributed by atoms with Crippen LogP contribution in [0.3, 0.4) is 0 Å². The minimum Gasteiger partial charge on any atom is -0.494 e. The number of hydrogen-bond acceptors (Lipinski definition) is 10. The predicted octanol–water partition coefficient (Wildman–Crippen LogP) is 4.81. The predicted molar refractivity (Wildman–Crippen MR) is 154 cm³/mol. The lowest BCUT2D eigenvalue weighted by Gasteiger charge is -2.16. The number of benzene rings is 2. The first-order valence-corrected chi connectivity index (χ1v) is 14.3. The summed E-state index contributed by atoms with van der Waals surface area (Å²) in [5, 5.41) is 9.30. The van der Waals surface area contributed by atoms with Crippen LogP contribution in [0.1, 0.15) is 67.8 Å². The summed E-state index contributed by atoms with van der Waals surface area (Å²) >= 11 is 0. The van der Waals surface area contributed by atoms with Crippen molar-refractivity contribution in [3.63, 3.8) is 0 Å². The van der Waals surface area contributed by atoms with E-state index in [4.69, 9.17) is 14.2 Å². The van der Waals surface area contributed by atoms with Gasteiger partial charge < -0.3 is 30.2 Å². The third kappa shape index (κ3) is 7.84. The van der Waals surface area contributed by atoms with E-state index >= 15 is 0 Å². The molecule has 3 aromatic rings. The van der Waals surface area contributed by atoms with Crippen molar-refractivity contribution in [3.05, 3.63) is 53.6 Å². The Balaban J connectivity index is 1.40. The summed E-state index contributed by atoms with van der Waals surface area (Å²) in [6.07, 6.45) is 5.69. The van der Waals surface area contributed by atoms with E-state index in [1.54, 1.807) is 18.2 Å². The zero-order chi connectivity index (χ0) is 28.4. The molecule has 2 aliphatic heterocycles. The highest BCUT2D eigenvalue weighted by Crippen LogP contribution is 2.27. The molecule has 1 aromatic heterocycles. The van der Waals surface area contributed by atoms with Gasteiger partial charge in [-0.25, -0.2) is 0 Å². The number of fused-ring (bicyclic) bond motifs is 10. The molecule has 1 saturated carbocycles. The van der Waals surface area contributed by atoms with Crippen LogP contribution in [0, 0.1) is 0 Å². The fourth-order valence-corrected chi connectivity index (χ4v) is 4.74. The second-order valence-corrected chi connectivity index (χ2v) is 10.0. The molecule has 1 fully saturated rings. The highest BCUT2D eigenvalue weighted by atomic mass is 16.5. The van der Waals surface area contributed by atoms with E-state index in [1.807, 2.05) is 31.2 Å². The molecular weight excluding hydrogens is 524 g/mol. The summed E-state index contributed by atoms with van der Waals surface area (Å²) < 4.78 is 17.6. The maximum Gasteiger partial charge on any atom is 0.323 e. The molecule has 216 valence electrons. The summed E-state index contributed by atoms with van der Waals surface area (Å²) in [5.41, 5.74) is 2.05. The van der Waals surface area contributed by atoms with Gasteiger partial charge >= 0.3 is 6.01 Å². The second kappa shape index (κ2) is 13.8. The maximum absolute atomic E-state index is 13.1. The smallest absolute Gasteiger partial charge is 0.323 e. The number of Topliss-reactive ketones (excluding diaryl/α,β-unsaturated/α-hetero) is 1. The quantitative estimate of drug-likeness (QED) is 0.408. The van der Waals surface area contributed by atoms with Gasteiger partial charge in [0.05, 0.1) is 31.4 Å². The van der Waals surface area contributed by atoms with Crippen molar-refractivity contribution in [3.8, 4) is 17.5 Å². The van der Waals surface area contributed by atoms with Crippen LogP contribution in [0.15, 0.2) is 42.5 Å². The molecule has 2 aromatic carbocycles. The number of aromatic nitrogens is 3. The number of carbonyl (C=O) groups excluding carboxylic acids is 2. The Morgan fingerprint density at radius 3 is 2.51 bits per heavy atom. The van der Waals surface area contributed by atoms with Crippen molar-refractivity contribution in [1.29, 1.82) is 0 Å². The molecule has 6 rings (SSSR count). The molecule has 1 aliphatic carbocycles. The van der Waals surface area contributed by atoms with E-state index in [9.17, 15) is 9.59 Å². The Labute approximate surface area is 239 Å². The van der Waals surface area contributed by atoms with Crippen LogP contribution in [0.25, 0.3) is 0 Å². The molecule has 41 heavy (non-hydrogen) atoms. The highest BCUT2D eigenvalue weighted by molar-refractivity contribution is 6.00. The van der Waals surface area contributed by atoms with Crippen molar-refractivity contribution in [1.82, 2.24) is 20.3 Å². The van der Waals surface area contributed by atoms with Gasteiger partial charge in [0.2, 0.25) is 11.9 Å². The van der Waals surface area contributed by atoms with Crippen LogP contribution in [-0.4, -0.2) is 52.5 Å². The van der Waals surface area contributed by atoms with Crippen LogP contribution in [0.2, 0.25) is 0 Å². The van der Waals surface area contributed by atoms with Crippen molar-refractivity contribution in [2.45, 2.75) is 64.5 Å². The van der Waals surface area contributed by atoms with Crippen LogP contribution in [0.5, 0.6) is 17.5 Å². The van der Waals surface area contributed by atoms with E-state index in [0.717, 1.165) is 43.4 Å². The standard InChI is InChI=1S/C30H36N6O5/c1-2-39-30-35-28-31-19-20-10-13-22(14-11-20)40-16-5-3-4-6-17-41-26-18-21(32-29(34-28)36-30)12-15-23(26)27(38)33-24-8-7-9-25(24)37/h10-15,18,24H,2-9,16-17,19H2,1H3,(H,33,38)(H2,31,32,34,35,36). The number of ether oxygens (including phenoxy) is 3. The molecule has 3 heterocycles. The average Bonchev–Trinajstić information content (AvgIpc) is 3.37. The molecule has 0 saturated heterocycles. The van der Waals surface area contributed by atoms with Gasteiger partial charge in [-0.15, -0.1) is 0 Å². The van der Waals surface area contributed by atoms with Gasteiger partial charge in [0.1, 0.15) is 11.5 Å². The summed E-state index contributed by atoms with van der Waals surface area (Å²) in [7, 11) is 0. The maximum atomic E-state index is 13.1. The van der Waals surface area contributed by atoms with Crippen LogP contribution in [-0.2, 0) is 11.3 Å². The van der Waals surface area contributed by atoms with E-state index in [-0.39, 0.29) is 23.6 Å². The molecule has 0 radical (unpaired) electrons. The SMILES string of the molecule is CCOc1nc2nc(n1)Nc1ccc(C(=O)NC3CCCC3=O)c(c1)OCCCCCCOc1ccc(cc1)CN2. The number of carbonyl (C=O) groups is 2. The number of anilines is 3. The second-order valence-electron chi connectivity index (χ2n) is 10.0. The van der Waals surface area contributed by atoms with E-state index in [0.29, 0.717) is 62.2 Å². The zero-order valence-electron chi connectivity index (χ0n) is 23.3. The summed E-state index contributed by atoms with van der Waals surface area (Å²) in [6.45, 7) is 3.85. The lowest BCUT2D eigenvalue weighted by molar-refractivity contribution is -0.118. The molecular formula is C30H36N6O5. The van der Waals surface area contributed by atoms with Crippen molar-refractivity contribution >= 4 is 29.3 Å². The van der Waals surface area contributed by atoms with Crippen LogP contribution < -0.4 is 30.2 Å². The molecule has 1 atom stereocenters. The number of nitrogens with one attached hydrogen (secondary N) is 3. The molecule has 11 heteroatoms. The van der Waals surface area contributed by atoms with Crippen LogP contribution >= 0.6 is 0 Å². The molecule has 1 unspecified atom stereocenters. The Bertz CT molecular complexity index is 1350. The van der Waals surface area contributed by atoms with E-state index in [2.05, 4.69) is 30.9 Å². The topological polar surface area (TPSA) is 137 Å². The fourth-order valence-electron chi connectivity index (χ4n) is 4.74. The lowest BCUT2D eigenvalue weighted by Crippen LogP contribution is -2.37. The molecule has 3 N–H and O–H groups in total. The average molecular weight is 561 g/mol. The largest absolute Gasteiger partial charge is 0.494 e. The lowest BCUT2D eigenvalue weighted by atomic mass is 10.1. The Kier molecular flexibility index (Phi) is 9.45. The van der Waals surface area contributed by atoms with Gasteiger partial charge in [-0.05, 0) is 75.3 Å². The minimum absolute atomic E-state index is 0.0687. The monoisotopic (exact) mass is 560 g/mol. The molecule has 11 nitrogen and oxygen atoms in total. The zero-order valence-corrected chi connectivity index (χ0v) is 23.3. The molecule has 3 aliphatic rings. The van der Waals surface area contributed by atoms with Gasteiger partial charge in [-0.1, -0.05) is 12.1 Å². The van der Waals surface area contributed by atoms with Crippen molar-refractivity contribution in [2.75, 3.05) is 30.5 Å². The highest BCUT2D eigenvalue weighted by Gasteiger charge is 2.27. The molecule has 1 amide bonds. The third-order valence-corrected chi connectivity index (χ3v) is 6.92. The number of amides is 1. The van der Waals surface area contributed by atoms with Crippen LogP contribution in [0.4, 0.5) is 17.6 Å². The van der Waals surface area contributed by atoms with Crippen molar-refractivity contribution in [2.24, 2.45) is 0 Å². The number of rotatable bonds is 4. The van der Waals surface area contributed by atoms with Gasteiger partial charge in [-0.2, -0.15) is 15.0 Å². The number of nitrogens with zero attached hydrogens (tertiary/aromatic N) is 3. The van der Waals surface area contributed by atoms with Gasteiger partial charge in [0.25, 0.3) is 5.91 Å².